The van der Waals surface area contributed by atoms with Crippen molar-refractivity contribution >= 4 is 23.6 Å². The molecule has 0 bridgehead atoms. The number of likely N-dealkylation sites (N-methyl/N-ethyl adjacent to an activating group) is 1. The van der Waals surface area contributed by atoms with E-state index >= 15 is 0 Å². The van der Waals surface area contributed by atoms with Gasteiger partial charge < -0.3 is 20.6 Å². The predicted molar refractivity (Wildman–Crippen MR) is 76.1 cm³/mol. The normalized spacial score (nSPS) is 11.4. The van der Waals surface area contributed by atoms with Crippen molar-refractivity contribution in [2.45, 2.75) is 19.9 Å². The van der Waals surface area contributed by atoms with Crippen LogP contribution in [0, 0.1) is 0 Å². The molecule has 8 heteroatoms. The molecule has 1 rings (SSSR count). The summed E-state index contributed by atoms with van der Waals surface area (Å²) in [5.41, 5.74) is 0.218. The zero-order valence-electron chi connectivity index (χ0n) is 12.1. The highest BCUT2D eigenvalue weighted by atomic mass is 16.4. The van der Waals surface area contributed by atoms with Crippen molar-refractivity contribution < 1.29 is 19.5 Å². The third kappa shape index (κ3) is 4.75. The molecule has 3 N–H and O–H groups in total. The summed E-state index contributed by atoms with van der Waals surface area (Å²) in [5.74, 6) is -1.35. The number of anilines is 1. The summed E-state index contributed by atoms with van der Waals surface area (Å²) in [6, 6.07) is 1.46. The number of carbonyl (C=O) groups excluding carboxylic acids is 2. The van der Waals surface area contributed by atoms with Crippen LogP contribution in [0.15, 0.2) is 18.3 Å². The van der Waals surface area contributed by atoms with Gasteiger partial charge in [0, 0.05) is 13.6 Å². The molecule has 0 aliphatic heterocycles. The Morgan fingerprint density at radius 3 is 2.52 bits per heavy atom. The van der Waals surface area contributed by atoms with Crippen LogP contribution in [0.4, 0.5) is 10.5 Å². The second-order valence-electron chi connectivity index (χ2n) is 4.41. The molecule has 0 aliphatic rings. The van der Waals surface area contributed by atoms with Crippen LogP contribution in [0.25, 0.3) is 0 Å². The number of nitrogens with zero attached hydrogens (tertiary/aromatic N) is 2. The minimum atomic E-state index is -1.15. The molecule has 1 heterocycles. The van der Waals surface area contributed by atoms with Crippen LogP contribution >= 0.6 is 0 Å². The molecular formula is C13H18N4O4. The van der Waals surface area contributed by atoms with Crippen molar-refractivity contribution in [2.75, 3.05) is 18.9 Å². The Hall–Kier alpha value is -2.64. The fourth-order valence-electron chi connectivity index (χ4n) is 1.51. The van der Waals surface area contributed by atoms with Crippen LogP contribution in [0.3, 0.4) is 0 Å². The van der Waals surface area contributed by atoms with E-state index in [2.05, 4.69) is 15.6 Å². The monoisotopic (exact) mass is 294 g/mol. The minimum absolute atomic E-state index is 0.117. The number of aromatic nitrogens is 1. The standard InChI is InChI=1S/C13H18N4O4/c1-4-17(3)11(18)8(2)15-13(21)16-9-5-6-10(12(19)20)14-7-9/h5-8H,4H2,1-3H3,(H,19,20)(H2,15,16,21). The maximum Gasteiger partial charge on any atom is 0.354 e. The van der Waals surface area contributed by atoms with Crippen molar-refractivity contribution in [1.29, 1.82) is 0 Å². The quantitative estimate of drug-likeness (QED) is 0.742. The number of urea groups is 1. The first kappa shape index (κ1) is 16.4. The van der Waals surface area contributed by atoms with Crippen molar-refractivity contribution in [3.63, 3.8) is 0 Å². The SMILES string of the molecule is CCN(C)C(=O)C(C)NC(=O)Nc1ccc(C(=O)O)nc1. The van der Waals surface area contributed by atoms with E-state index in [1.54, 1.807) is 14.0 Å². The molecule has 21 heavy (non-hydrogen) atoms. The number of carboxylic acids is 1. The van der Waals surface area contributed by atoms with Crippen molar-refractivity contribution in [3.05, 3.63) is 24.0 Å². The van der Waals surface area contributed by atoms with Gasteiger partial charge in [0.2, 0.25) is 5.91 Å². The van der Waals surface area contributed by atoms with Gasteiger partial charge >= 0.3 is 12.0 Å². The van der Waals surface area contributed by atoms with Gasteiger partial charge in [-0.2, -0.15) is 0 Å². The number of aromatic carboxylic acids is 1. The van der Waals surface area contributed by atoms with Crippen molar-refractivity contribution in [2.24, 2.45) is 0 Å². The van der Waals surface area contributed by atoms with Gasteiger partial charge in [0.25, 0.3) is 0 Å². The smallest absolute Gasteiger partial charge is 0.354 e. The van der Waals surface area contributed by atoms with Crippen molar-refractivity contribution in [1.82, 2.24) is 15.2 Å². The van der Waals surface area contributed by atoms with Gasteiger partial charge in [0.05, 0.1) is 11.9 Å². The second-order valence-corrected chi connectivity index (χ2v) is 4.41. The zero-order valence-corrected chi connectivity index (χ0v) is 12.1. The number of carboxylic acid groups (broad SMARTS) is 1. The molecule has 0 aliphatic carbocycles. The first-order chi connectivity index (χ1) is 9.85. The molecule has 1 atom stereocenters. The largest absolute Gasteiger partial charge is 0.477 e. The van der Waals surface area contributed by atoms with Gasteiger partial charge in [-0.05, 0) is 26.0 Å². The fourth-order valence-corrected chi connectivity index (χ4v) is 1.51. The Labute approximate surface area is 122 Å². The second kappa shape index (κ2) is 7.22. The molecule has 0 fully saturated rings. The summed E-state index contributed by atoms with van der Waals surface area (Å²) in [4.78, 5) is 39.3. The fraction of sp³-hybridized carbons (Fsp3) is 0.385. The third-order valence-corrected chi connectivity index (χ3v) is 2.81. The topological polar surface area (TPSA) is 112 Å². The van der Waals surface area contributed by atoms with E-state index in [0.717, 1.165) is 0 Å². The Balaban J connectivity index is 2.57. The van der Waals surface area contributed by atoms with E-state index in [0.29, 0.717) is 12.2 Å². The number of hydrogen-bond donors (Lipinski definition) is 3. The highest BCUT2D eigenvalue weighted by Crippen LogP contribution is 2.06. The summed E-state index contributed by atoms with van der Waals surface area (Å²) >= 11 is 0. The van der Waals surface area contributed by atoms with Gasteiger partial charge in [-0.25, -0.2) is 14.6 Å². The van der Waals surface area contributed by atoms with E-state index in [9.17, 15) is 14.4 Å². The van der Waals surface area contributed by atoms with E-state index < -0.39 is 18.0 Å². The average Bonchev–Trinajstić information content (AvgIpc) is 2.45. The molecule has 0 saturated carbocycles. The van der Waals surface area contributed by atoms with Gasteiger partial charge in [0.15, 0.2) is 0 Å². The van der Waals surface area contributed by atoms with Gasteiger partial charge in [0.1, 0.15) is 11.7 Å². The molecular weight excluding hydrogens is 276 g/mol. The van der Waals surface area contributed by atoms with Crippen LogP contribution in [0.5, 0.6) is 0 Å². The molecule has 0 spiro atoms. The van der Waals surface area contributed by atoms with Gasteiger partial charge in [-0.1, -0.05) is 0 Å². The predicted octanol–water partition coefficient (Wildman–Crippen LogP) is 0.768. The highest BCUT2D eigenvalue weighted by Gasteiger charge is 2.18. The van der Waals surface area contributed by atoms with Gasteiger partial charge in [-0.3, -0.25) is 4.79 Å². The van der Waals surface area contributed by atoms with Crippen LogP contribution in [-0.4, -0.2) is 52.5 Å². The summed E-state index contributed by atoms with van der Waals surface area (Å²) < 4.78 is 0. The lowest BCUT2D eigenvalue weighted by atomic mass is 10.3. The lowest BCUT2D eigenvalue weighted by Gasteiger charge is -2.20. The van der Waals surface area contributed by atoms with E-state index in [1.807, 2.05) is 6.92 Å². The maximum atomic E-state index is 11.8. The molecule has 1 aromatic rings. The van der Waals surface area contributed by atoms with Crippen LogP contribution in [0.1, 0.15) is 24.3 Å². The lowest BCUT2D eigenvalue weighted by molar-refractivity contribution is -0.131. The van der Waals surface area contributed by atoms with Crippen LogP contribution in [0.2, 0.25) is 0 Å². The Bertz CT molecular complexity index is 529. The maximum absolute atomic E-state index is 11.8. The Morgan fingerprint density at radius 1 is 1.38 bits per heavy atom. The van der Waals surface area contributed by atoms with Crippen LogP contribution in [-0.2, 0) is 4.79 Å². The Morgan fingerprint density at radius 2 is 2.05 bits per heavy atom. The summed E-state index contributed by atoms with van der Waals surface area (Å²) in [6.07, 6.45) is 1.23. The number of rotatable bonds is 5. The number of pyridine rings is 1. The van der Waals surface area contributed by atoms with Crippen molar-refractivity contribution in [3.8, 4) is 0 Å². The summed E-state index contributed by atoms with van der Waals surface area (Å²) in [5, 5.41) is 13.7. The summed E-state index contributed by atoms with van der Waals surface area (Å²) in [6.45, 7) is 3.97. The summed E-state index contributed by atoms with van der Waals surface area (Å²) in [7, 11) is 1.65. The molecule has 0 radical (unpaired) electrons. The molecule has 1 unspecified atom stereocenters. The molecule has 8 nitrogen and oxygen atoms in total. The number of hydrogen-bond acceptors (Lipinski definition) is 4. The number of nitrogens with one attached hydrogen (secondary N) is 2. The first-order valence-corrected chi connectivity index (χ1v) is 6.37. The van der Waals surface area contributed by atoms with E-state index in [4.69, 9.17) is 5.11 Å². The zero-order chi connectivity index (χ0) is 16.0. The van der Waals surface area contributed by atoms with E-state index in [-0.39, 0.29) is 11.6 Å². The Kier molecular flexibility index (Phi) is 5.65. The molecule has 0 aromatic carbocycles. The first-order valence-electron chi connectivity index (χ1n) is 6.37. The third-order valence-electron chi connectivity index (χ3n) is 2.81. The molecule has 114 valence electrons. The number of amides is 3. The number of carbonyl (C=O) groups is 3. The lowest BCUT2D eigenvalue weighted by Crippen LogP contribution is -2.46. The van der Waals surface area contributed by atoms with E-state index in [1.165, 1.54) is 23.2 Å². The molecule has 1 aromatic heterocycles. The molecule has 0 saturated heterocycles. The highest BCUT2D eigenvalue weighted by molar-refractivity contribution is 5.93. The van der Waals surface area contributed by atoms with Gasteiger partial charge in [-0.15, -0.1) is 0 Å². The van der Waals surface area contributed by atoms with Crippen LogP contribution < -0.4 is 10.6 Å². The molecule has 3 amide bonds. The average molecular weight is 294 g/mol. The minimum Gasteiger partial charge on any atom is -0.477 e.